The fraction of sp³-hybridized carbons (Fsp3) is 0.261. The van der Waals surface area contributed by atoms with Crippen LogP contribution in [0.3, 0.4) is 0 Å². The van der Waals surface area contributed by atoms with Crippen LogP contribution in [0.1, 0.15) is 36.2 Å². The van der Waals surface area contributed by atoms with Gasteiger partial charge in [0.15, 0.2) is 6.61 Å². The van der Waals surface area contributed by atoms with Crippen LogP contribution in [0, 0.1) is 6.92 Å². The molecule has 3 rings (SSSR count). The van der Waals surface area contributed by atoms with Gasteiger partial charge in [0.1, 0.15) is 22.6 Å². The molecule has 1 aromatic heterocycles. The average Bonchev–Trinajstić information content (AvgIpc) is 2.72. The fourth-order valence-corrected chi connectivity index (χ4v) is 2.65. The zero-order chi connectivity index (χ0) is 21.7. The van der Waals surface area contributed by atoms with E-state index in [0.717, 1.165) is 12.0 Å². The first-order chi connectivity index (χ1) is 14.4. The Morgan fingerprint density at radius 2 is 1.77 bits per heavy atom. The van der Waals surface area contributed by atoms with Gasteiger partial charge in [0.2, 0.25) is 0 Å². The molecule has 0 aliphatic carbocycles. The number of benzene rings is 2. The first-order valence-electron chi connectivity index (χ1n) is 9.64. The lowest BCUT2D eigenvalue weighted by Gasteiger charge is -2.11. The van der Waals surface area contributed by atoms with Crippen LogP contribution in [0.15, 0.2) is 57.7 Å². The van der Waals surface area contributed by atoms with Crippen LogP contribution >= 0.6 is 0 Å². The highest BCUT2D eigenvalue weighted by atomic mass is 16.6. The lowest BCUT2D eigenvalue weighted by Crippen LogP contribution is -2.34. The maximum Gasteiger partial charge on any atom is 0.349 e. The largest absolute Gasteiger partial charge is 0.482 e. The Hall–Kier alpha value is -3.61. The van der Waals surface area contributed by atoms with Gasteiger partial charge in [0.05, 0.1) is 0 Å². The van der Waals surface area contributed by atoms with E-state index in [0.29, 0.717) is 11.1 Å². The van der Waals surface area contributed by atoms with Crippen molar-refractivity contribution < 1.29 is 23.5 Å². The molecule has 1 unspecified atom stereocenters. The van der Waals surface area contributed by atoms with E-state index in [1.807, 2.05) is 32.9 Å². The van der Waals surface area contributed by atoms with Crippen LogP contribution in [0.2, 0.25) is 0 Å². The minimum Gasteiger partial charge on any atom is -0.482 e. The van der Waals surface area contributed by atoms with Crippen LogP contribution in [0.4, 0.5) is 0 Å². The number of nitrogens with one attached hydrogen (secondary N) is 1. The summed E-state index contributed by atoms with van der Waals surface area (Å²) in [4.78, 5) is 36.5. The van der Waals surface area contributed by atoms with Gasteiger partial charge >= 0.3 is 11.6 Å². The second kappa shape index (κ2) is 9.26. The Labute approximate surface area is 173 Å². The summed E-state index contributed by atoms with van der Waals surface area (Å²) in [5.41, 5.74) is 0.474. The van der Waals surface area contributed by atoms with Gasteiger partial charge in [-0.2, -0.15) is 0 Å². The maximum atomic E-state index is 12.2. The van der Waals surface area contributed by atoms with Crippen molar-refractivity contribution in [2.45, 2.75) is 33.2 Å². The van der Waals surface area contributed by atoms with E-state index in [2.05, 4.69) is 5.32 Å². The number of ether oxygens (including phenoxy) is 2. The summed E-state index contributed by atoms with van der Waals surface area (Å²) < 4.78 is 15.9. The molecule has 30 heavy (non-hydrogen) atoms. The summed E-state index contributed by atoms with van der Waals surface area (Å²) in [5.74, 6) is -0.309. The van der Waals surface area contributed by atoms with Gasteiger partial charge in [-0.25, -0.2) is 9.59 Å². The Morgan fingerprint density at radius 1 is 1.07 bits per heavy atom. The molecule has 156 valence electrons. The summed E-state index contributed by atoms with van der Waals surface area (Å²) in [7, 11) is 0. The van der Waals surface area contributed by atoms with Gasteiger partial charge in [-0.1, -0.05) is 24.6 Å². The third kappa shape index (κ3) is 5.26. The molecule has 1 amide bonds. The molecule has 0 radical (unpaired) electrons. The first-order valence-corrected chi connectivity index (χ1v) is 9.64. The van der Waals surface area contributed by atoms with Gasteiger partial charge in [0, 0.05) is 17.5 Å². The summed E-state index contributed by atoms with van der Waals surface area (Å²) in [5, 5.41) is 3.28. The molecule has 0 spiro atoms. The van der Waals surface area contributed by atoms with Gasteiger partial charge in [-0.15, -0.1) is 0 Å². The second-order valence-electron chi connectivity index (χ2n) is 7.01. The number of esters is 1. The number of hydrogen-bond donors (Lipinski definition) is 1. The Balaban J connectivity index is 1.69. The molecule has 0 aliphatic heterocycles. The van der Waals surface area contributed by atoms with Crippen molar-refractivity contribution in [1.29, 1.82) is 0 Å². The van der Waals surface area contributed by atoms with E-state index in [1.54, 1.807) is 24.3 Å². The molecule has 1 heterocycles. The summed E-state index contributed by atoms with van der Waals surface area (Å²) >= 11 is 0. The van der Waals surface area contributed by atoms with E-state index in [-0.39, 0.29) is 29.5 Å². The number of carbonyl (C=O) groups excluding carboxylic acids is 2. The Morgan fingerprint density at radius 3 is 2.47 bits per heavy atom. The molecule has 0 bridgehead atoms. The summed E-state index contributed by atoms with van der Waals surface area (Å²) in [6.45, 7) is 5.48. The number of amides is 1. The first kappa shape index (κ1) is 21.1. The second-order valence-corrected chi connectivity index (χ2v) is 7.01. The van der Waals surface area contributed by atoms with Crippen molar-refractivity contribution in [2.75, 3.05) is 6.61 Å². The van der Waals surface area contributed by atoms with Crippen LogP contribution in [-0.2, 0) is 4.79 Å². The monoisotopic (exact) mass is 409 g/mol. The normalized spacial score (nSPS) is 11.7. The minimum atomic E-state index is -0.755. The Kier molecular flexibility index (Phi) is 6.51. The predicted molar refractivity (Wildman–Crippen MR) is 112 cm³/mol. The van der Waals surface area contributed by atoms with Crippen LogP contribution in [0.25, 0.3) is 11.0 Å². The smallest absolute Gasteiger partial charge is 0.349 e. The quantitative estimate of drug-likeness (QED) is 0.364. The molecule has 0 saturated heterocycles. The molecule has 0 fully saturated rings. The van der Waals surface area contributed by atoms with Crippen molar-refractivity contribution >= 4 is 22.8 Å². The zero-order valence-electron chi connectivity index (χ0n) is 17.1. The lowest BCUT2D eigenvalue weighted by atomic mass is 10.1. The topological polar surface area (TPSA) is 94.8 Å². The third-order valence-electron chi connectivity index (χ3n) is 4.55. The van der Waals surface area contributed by atoms with E-state index < -0.39 is 17.5 Å². The number of carbonyl (C=O) groups is 2. The molecule has 0 saturated carbocycles. The number of aryl methyl sites for hydroxylation is 1. The van der Waals surface area contributed by atoms with E-state index in [4.69, 9.17) is 13.9 Å². The molecule has 7 heteroatoms. The molecule has 7 nitrogen and oxygen atoms in total. The minimum absolute atomic E-state index is 0.0588. The molecule has 3 aromatic rings. The summed E-state index contributed by atoms with van der Waals surface area (Å²) in [6.07, 6.45) is 0.743. The van der Waals surface area contributed by atoms with Gasteiger partial charge in [0.25, 0.3) is 5.91 Å². The van der Waals surface area contributed by atoms with Crippen molar-refractivity contribution in [3.8, 4) is 11.5 Å². The van der Waals surface area contributed by atoms with Crippen LogP contribution in [0.5, 0.6) is 11.5 Å². The molecular formula is C23H23NO6. The highest BCUT2D eigenvalue weighted by molar-refractivity contribution is 5.97. The standard InChI is InChI=1S/C23H23NO6/c1-4-15(3)24-22(26)19-11-16-7-10-18(12-20(16)30-23(19)27)29-21(25)13-28-17-8-5-14(2)6-9-17/h5-12,15H,4,13H2,1-3H3,(H,24,26). The summed E-state index contributed by atoms with van der Waals surface area (Å²) in [6, 6.07) is 13.3. The molecule has 1 N–H and O–H groups in total. The Bertz CT molecular complexity index is 1120. The number of rotatable bonds is 7. The highest BCUT2D eigenvalue weighted by Crippen LogP contribution is 2.21. The third-order valence-corrected chi connectivity index (χ3v) is 4.55. The van der Waals surface area contributed by atoms with Gasteiger partial charge < -0.3 is 19.2 Å². The van der Waals surface area contributed by atoms with Crippen molar-refractivity contribution in [3.05, 3.63) is 70.1 Å². The average molecular weight is 409 g/mol. The highest BCUT2D eigenvalue weighted by Gasteiger charge is 2.16. The molecule has 2 aromatic carbocycles. The maximum absolute atomic E-state index is 12.2. The SMILES string of the molecule is CCC(C)NC(=O)c1cc2ccc(OC(=O)COc3ccc(C)cc3)cc2oc1=O. The fourth-order valence-electron chi connectivity index (χ4n) is 2.65. The number of hydrogen-bond acceptors (Lipinski definition) is 6. The molecular weight excluding hydrogens is 386 g/mol. The van der Waals surface area contributed by atoms with Crippen LogP contribution in [-0.4, -0.2) is 24.5 Å². The van der Waals surface area contributed by atoms with Gasteiger partial charge in [-0.3, -0.25) is 4.79 Å². The van der Waals surface area contributed by atoms with Crippen molar-refractivity contribution in [2.24, 2.45) is 0 Å². The van der Waals surface area contributed by atoms with Gasteiger partial charge in [-0.05, 0) is 50.6 Å². The predicted octanol–water partition coefficient (Wildman–Crippen LogP) is 3.61. The lowest BCUT2D eigenvalue weighted by molar-refractivity contribution is -0.136. The van der Waals surface area contributed by atoms with Crippen molar-refractivity contribution in [3.63, 3.8) is 0 Å². The van der Waals surface area contributed by atoms with Crippen molar-refractivity contribution in [1.82, 2.24) is 5.32 Å². The molecule has 1 atom stereocenters. The van der Waals surface area contributed by atoms with E-state index in [1.165, 1.54) is 12.1 Å². The van der Waals surface area contributed by atoms with E-state index in [9.17, 15) is 14.4 Å². The number of fused-ring (bicyclic) bond motifs is 1. The van der Waals surface area contributed by atoms with E-state index >= 15 is 0 Å². The molecule has 0 aliphatic rings. The zero-order valence-corrected chi connectivity index (χ0v) is 17.1. The van der Waals surface area contributed by atoms with Crippen LogP contribution < -0.4 is 20.4 Å².